The van der Waals surface area contributed by atoms with E-state index in [2.05, 4.69) is 22.0 Å². The minimum absolute atomic E-state index is 0.289. The van der Waals surface area contributed by atoms with E-state index in [-0.39, 0.29) is 6.04 Å². The van der Waals surface area contributed by atoms with Crippen molar-refractivity contribution >= 4 is 27.5 Å². The van der Waals surface area contributed by atoms with Gasteiger partial charge in [0.2, 0.25) is 0 Å². The van der Waals surface area contributed by atoms with Gasteiger partial charge in [0.15, 0.2) is 0 Å². The van der Waals surface area contributed by atoms with Crippen molar-refractivity contribution in [3.05, 3.63) is 33.3 Å². The molecule has 0 spiro atoms. The molecule has 2 N–H and O–H groups in total. The van der Waals surface area contributed by atoms with Gasteiger partial charge in [-0.3, -0.25) is 0 Å². The summed E-state index contributed by atoms with van der Waals surface area (Å²) in [5.41, 5.74) is 7.60. The number of rotatable bonds is 3. The molecule has 3 rings (SSSR count). The highest BCUT2D eigenvalue weighted by Gasteiger charge is 2.52. The van der Waals surface area contributed by atoms with Gasteiger partial charge in [-0.25, -0.2) is 0 Å². The number of hydrogen-bond donors (Lipinski definition) is 1. The van der Waals surface area contributed by atoms with E-state index in [1.165, 1.54) is 31.2 Å². The van der Waals surface area contributed by atoms with Crippen LogP contribution < -0.4 is 5.73 Å². The fraction of sp³-hybridized carbons (Fsp3) is 0.600. The molecule has 1 nitrogen and oxygen atoms in total. The Hall–Kier alpha value is -0.0500. The highest BCUT2D eigenvalue weighted by molar-refractivity contribution is 9.10. The smallest absolute Gasteiger partial charge is 0.0449 e. The van der Waals surface area contributed by atoms with Crippen molar-refractivity contribution in [2.75, 3.05) is 0 Å². The molecule has 3 unspecified atom stereocenters. The van der Waals surface area contributed by atoms with Crippen molar-refractivity contribution in [1.29, 1.82) is 0 Å². The predicted octanol–water partition coefficient (Wildman–Crippen LogP) is 4.41. The molecule has 2 aliphatic carbocycles. The summed E-state index contributed by atoms with van der Waals surface area (Å²) in [6, 6.07) is 6.40. The maximum atomic E-state index is 6.41. The van der Waals surface area contributed by atoms with Crippen molar-refractivity contribution in [1.82, 2.24) is 0 Å². The monoisotopic (exact) mass is 327 g/mol. The van der Waals surface area contributed by atoms with Crippen molar-refractivity contribution < 1.29 is 0 Å². The zero-order valence-electron chi connectivity index (χ0n) is 10.4. The van der Waals surface area contributed by atoms with Crippen LogP contribution in [0.25, 0.3) is 0 Å². The number of nitrogens with two attached hydrogens (primary N) is 1. The third-order valence-electron chi connectivity index (χ3n) is 4.69. The molecule has 2 aliphatic rings. The predicted molar refractivity (Wildman–Crippen MR) is 79.8 cm³/mol. The van der Waals surface area contributed by atoms with Crippen LogP contribution in [0.1, 0.15) is 31.2 Å². The van der Waals surface area contributed by atoms with E-state index >= 15 is 0 Å². The Balaban J connectivity index is 1.66. The van der Waals surface area contributed by atoms with Crippen molar-refractivity contribution in [3.8, 4) is 0 Å². The molecule has 3 heteroatoms. The molecule has 18 heavy (non-hydrogen) atoms. The lowest BCUT2D eigenvalue weighted by atomic mass is 10.0. The molecule has 0 amide bonds. The van der Waals surface area contributed by atoms with Crippen LogP contribution >= 0.6 is 27.5 Å². The summed E-state index contributed by atoms with van der Waals surface area (Å²) in [4.78, 5) is 0. The first-order valence-electron chi connectivity index (χ1n) is 6.86. The van der Waals surface area contributed by atoms with Crippen molar-refractivity contribution in [3.63, 3.8) is 0 Å². The van der Waals surface area contributed by atoms with Crippen LogP contribution in [0.3, 0.4) is 0 Å². The average Bonchev–Trinajstić information content (AvgIpc) is 3.07. The summed E-state index contributed by atoms with van der Waals surface area (Å²) in [6.45, 7) is 0. The molecular weight excluding hydrogens is 310 g/mol. The summed E-state index contributed by atoms with van der Waals surface area (Å²) in [5.74, 6) is 2.60. The Bertz CT molecular complexity index is 436. The first-order valence-corrected chi connectivity index (χ1v) is 8.03. The standard InChI is InChI=1S/C15H19BrClN/c16-10-6-5-9(13(17)8-10)7-14(18)15-11-3-1-2-4-12(11)15/h5-6,8,11-12,14-15H,1-4,7,18H2. The lowest BCUT2D eigenvalue weighted by molar-refractivity contribution is 0.480. The second-order valence-corrected chi connectivity index (χ2v) is 7.12. The van der Waals surface area contributed by atoms with E-state index in [9.17, 15) is 0 Å². The van der Waals surface area contributed by atoms with Crippen LogP contribution in [0, 0.1) is 17.8 Å². The second-order valence-electron chi connectivity index (χ2n) is 5.79. The molecule has 0 heterocycles. The van der Waals surface area contributed by atoms with Crippen LogP contribution in [0.15, 0.2) is 22.7 Å². The minimum atomic E-state index is 0.289. The Morgan fingerprint density at radius 3 is 2.56 bits per heavy atom. The van der Waals surface area contributed by atoms with Crippen molar-refractivity contribution in [2.24, 2.45) is 23.5 Å². The SMILES string of the molecule is NC(Cc1ccc(Br)cc1Cl)C1C2CCCCC21. The van der Waals surface area contributed by atoms with Gasteiger partial charge in [-0.05, 0) is 54.7 Å². The van der Waals surface area contributed by atoms with Crippen LogP contribution in [-0.4, -0.2) is 6.04 Å². The van der Waals surface area contributed by atoms with Gasteiger partial charge in [0.25, 0.3) is 0 Å². The maximum Gasteiger partial charge on any atom is 0.0449 e. The quantitative estimate of drug-likeness (QED) is 0.874. The number of hydrogen-bond acceptors (Lipinski definition) is 1. The highest BCUT2D eigenvalue weighted by atomic mass is 79.9. The summed E-state index contributed by atoms with van der Waals surface area (Å²) in [6.07, 6.45) is 6.53. The molecular formula is C15H19BrClN. The topological polar surface area (TPSA) is 26.0 Å². The number of benzene rings is 1. The largest absolute Gasteiger partial charge is 0.327 e. The first-order chi connectivity index (χ1) is 8.66. The van der Waals surface area contributed by atoms with Crippen LogP contribution in [0.5, 0.6) is 0 Å². The fourth-order valence-electron chi connectivity index (χ4n) is 3.76. The van der Waals surface area contributed by atoms with Crippen molar-refractivity contribution in [2.45, 2.75) is 38.1 Å². The van der Waals surface area contributed by atoms with E-state index in [4.69, 9.17) is 17.3 Å². The lowest BCUT2D eigenvalue weighted by Gasteiger charge is -2.13. The highest BCUT2D eigenvalue weighted by Crippen LogP contribution is 2.56. The van der Waals surface area contributed by atoms with Crippen LogP contribution in [-0.2, 0) is 6.42 Å². The van der Waals surface area contributed by atoms with Gasteiger partial charge >= 0.3 is 0 Å². The molecule has 0 aliphatic heterocycles. The van der Waals surface area contributed by atoms with E-state index in [0.29, 0.717) is 0 Å². The molecule has 1 aromatic rings. The average molecular weight is 329 g/mol. The Morgan fingerprint density at radius 1 is 1.28 bits per heavy atom. The third kappa shape index (κ3) is 2.48. The molecule has 0 radical (unpaired) electrons. The number of halogens is 2. The van der Waals surface area contributed by atoms with Gasteiger partial charge in [-0.15, -0.1) is 0 Å². The normalized spacial score (nSPS) is 31.8. The van der Waals surface area contributed by atoms with Gasteiger partial charge in [-0.2, -0.15) is 0 Å². The summed E-state index contributed by atoms with van der Waals surface area (Å²) in [7, 11) is 0. The first kappa shape index (κ1) is 13.0. The Morgan fingerprint density at radius 2 is 1.94 bits per heavy atom. The second kappa shape index (κ2) is 5.15. The summed E-state index contributed by atoms with van der Waals surface area (Å²) in [5, 5.41) is 0.837. The Labute approximate surface area is 122 Å². The molecule has 2 saturated carbocycles. The fourth-order valence-corrected chi connectivity index (χ4v) is 4.51. The molecule has 0 bridgehead atoms. The van der Waals surface area contributed by atoms with Gasteiger partial charge < -0.3 is 5.73 Å². The van der Waals surface area contributed by atoms with Gasteiger partial charge in [0.05, 0.1) is 0 Å². The lowest BCUT2D eigenvalue weighted by Crippen LogP contribution is -2.26. The number of fused-ring (bicyclic) bond motifs is 1. The molecule has 0 aromatic heterocycles. The summed E-state index contributed by atoms with van der Waals surface area (Å²) < 4.78 is 1.03. The van der Waals surface area contributed by atoms with Gasteiger partial charge in [0.1, 0.15) is 0 Å². The zero-order chi connectivity index (χ0) is 12.7. The summed E-state index contributed by atoms with van der Waals surface area (Å²) >= 11 is 9.70. The molecule has 2 fully saturated rings. The minimum Gasteiger partial charge on any atom is -0.327 e. The van der Waals surface area contributed by atoms with E-state index in [1.807, 2.05) is 12.1 Å². The van der Waals surface area contributed by atoms with Gasteiger partial charge in [-0.1, -0.05) is 46.4 Å². The van der Waals surface area contributed by atoms with E-state index < -0.39 is 0 Å². The van der Waals surface area contributed by atoms with Crippen LogP contribution in [0.2, 0.25) is 5.02 Å². The maximum absolute atomic E-state index is 6.41. The van der Waals surface area contributed by atoms with E-state index in [1.54, 1.807) is 0 Å². The van der Waals surface area contributed by atoms with Gasteiger partial charge in [0, 0.05) is 15.5 Å². The third-order valence-corrected chi connectivity index (χ3v) is 5.53. The molecule has 1 aromatic carbocycles. The van der Waals surface area contributed by atoms with Crippen LogP contribution in [0.4, 0.5) is 0 Å². The molecule has 0 saturated heterocycles. The van der Waals surface area contributed by atoms with E-state index in [0.717, 1.165) is 33.7 Å². The zero-order valence-corrected chi connectivity index (χ0v) is 12.8. The molecule has 98 valence electrons. The molecule has 3 atom stereocenters. The Kier molecular flexibility index (Phi) is 3.70.